The van der Waals surface area contributed by atoms with Crippen LogP contribution in [-0.4, -0.2) is 30.8 Å². The third kappa shape index (κ3) is 1.72. The molecule has 1 aliphatic heterocycles. The first-order valence-corrected chi connectivity index (χ1v) is 5.36. The number of hydrogen-bond acceptors (Lipinski definition) is 2. The topological polar surface area (TPSA) is 3.24 Å². The van der Waals surface area contributed by atoms with Crippen LogP contribution in [0, 0.1) is 23.0 Å². The van der Waals surface area contributed by atoms with Crippen LogP contribution in [0.2, 0.25) is 0 Å². The highest BCUT2D eigenvalue weighted by atomic mass is 32.2. The van der Waals surface area contributed by atoms with Crippen LogP contribution >= 0.6 is 11.8 Å². The Kier molecular flexibility index (Phi) is 2.11. The molecule has 0 aromatic heterocycles. The van der Waals surface area contributed by atoms with Gasteiger partial charge in [0, 0.05) is 13.1 Å². The fraction of sp³-hybridized carbons (Fsp3) is 0.778. The molecule has 2 atom stereocenters. The molecule has 2 rings (SSSR count). The molecule has 0 amide bonds. The zero-order valence-corrected chi connectivity index (χ0v) is 7.66. The molecule has 1 saturated heterocycles. The number of hydrogen-bond donors (Lipinski definition) is 0. The number of thioether (sulfide) groups is 1. The van der Waals surface area contributed by atoms with Gasteiger partial charge in [-0.15, -0.1) is 0 Å². The van der Waals surface area contributed by atoms with Crippen LogP contribution in [0.4, 0.5) is 0 Å². The van der Waals surface area contributed by atoms with E-state index in [0.29, 0.717) is 0 Å². The molecule has 0 bridgehead atoms. The molecule has 60 valence electrons. The van der Waals surface area contributed by atoms with E-state index in [4.69, 9.17) is 0 Å². The van der Waals surface area contributed by atoms with Crippen molar-refractivity contribution in [2.24, 2.45) is 11.8 Å². The molecule has 0 aromatic rings. The lowest BCUT2D eigenvalue weighted by atomic mass is 10.4. The van der Waals surface area contributed by atoms with Crippen LogP contribution in [0.25, 0.3) is 0 Å². The molecule has 0 aromatic carbocycles. The van der Waals surface area contributed by atoms with E-state index < -0.39 is 0 Å². The van der Waals surface area contributed by atoms with Crippen molar-refractivity contribution in [3.63, 3.8) is 0 Å². The van der Waals surface area contributed by atoms with E-state index >= 15 is 0 Å². The molecule has 2 unspecified atom stereocenters. The Balaban J connectivity index is 1.72. The minimum atomic E-state index is 0.994. The maximum Gasteiger partial charge on any atom is 0.0610 e. The third-order valence-corrected chi connectivity index (χ3v) is 2.88. The van der Waals surface area contributed by atoms with E-state index in [-0.39, 0.29) is 0 Å². The number of piperidine rings is 1. The first-order valence-electron chi connectivity index (χ1n) is 4.13. The zero-order chi connectivity index (χ0) is 7.68. The normalized spacial score (nSPS) is 34.3. The van der Waals surface area contributed by atoms with E-state index in [0.717, 1.165) is 18.4 Å². The summed E-state index contributed by atoms with van der Waals surface area (Å²) in [6, 6.07) is 0. The van der Waals surface area contributed by atoms with Crippen molar-refractivity contribution in [2.45, 2.75) is 6.42 Å². The molecule has 1 aliphatic carbocycles. The van der Waals surface area contributed by atoms with Gasteiger partial charge in [0.05, 0.1) is 6.54 Å². The van der Waals surface area contributed by atoms with Crippen molar-refractivity contribution in [1.29, 1.82) is 0 Å². The number of nitrogens with zero attached hydrogens (tertiary/aromatic N) is 1. The van der Waals surface area contributed by atoms with Gasteiger partial charge in [0.2, 0.25) is 0 Å². The molecule has 1 saturated carbocycles. The fourth-order valence-corrected chi connectivity index (χ4v) is 2.05. The van der Waals surface area contributed by atoms with Crippen molar-refractivity contribution < 1.29 is 0 Å². The minimum absolute atomic E-state index is 0.994. The molecule has 0 N–H and O–H groups in total. The van der Waals surface area contributed by atoms with E-state index in [1.165, 1.54) is 19.5 Å². The summed E-state index contributed by atoms with van der Waals surface area (Å²) in [6.45, 7) is 3.62. The van der Waals surface area contributed by atoms with Gasteiger partial charge in [-0.1, -0.05) is 17.7 Å². The van der Waals surface area contributed by atoms with Gasteiger partial charge in [0.15, 0.2) is 0 Å². The lowest BCUT2D eigenvalue weighted by molar-refractivity contribution is 0.343. The monoisotopic (exact) mass is 167 g/mol. The predicted octanol–water partition coefficient (Wildman–Crippen LogP) is 1.26. The highest BCUT2D eigenvalue weighted by Crippen LogP contribution is 2.44. The lowest BCUT2D eigenvalue weighted by Gasteiger charge is -2.12. The summed E-state index contributed by atoms with van der Waals surface area (Å²) < 4.78 is 0. The summed E-state index contributed by atoms with van der Waals surface area (Å²) >= 11 is 1.61. The van der Waals surface area contributed by atoms with Crippen LogP contribution < -0.4 is 0 Å². The van der Waals surface area contributed by atoms with Gasteiger partial charge in [0.1, 0.15) is 0 Å². The van der Waals surface area contributed by atoms with Crippen molar-refractivity contribution >= 4 is 11.8 Å². The van der Waals surface area contributed by atoms with Crippen LogP contribution in [0.1, 0.15) is 6.42 Å². The summed E-state index contributed by atoms with van der Waals surface area (Å²) in [5.74, 6) is 5.25. The van der Waals surface area contributed by atoms with Crippen molar-refractivity contribution in [2.75, 3.05) is 25.9 Å². The maximum absolute atomic E-state index is 3.16. The second-order valence-corrected chi connectivity index (χ2v) is 4.05. The van der Waals surface area contributed by atoms with Crippen LogP contribution in [0.3, 0.4) is 0 Å². The van der Waals surface area contributed by atoms with Gasteiger partial charge in [-0.3, -0.25) is 4.90 Å². The Bertz CT molecular complexity index is 193. The lowest BCUT2D eigenvalue weighted by Crippen LogP contribution is -2.22. The molecule has 1 nitrogen and oxygen atoms in total. The maximum atomic E-state index is 3.16. The quantitative estimate of drug-likeness (QED) is 0.541. The Labute approximate surface area is 72.5 Å². The number of likely N-dealkylation sites (tertiary alicyclic amines) is 1. The zero-order valence-electron chi connectivity index (χ0n) is 6.84. The van der Waals surface area contributed by atoms with E-state index in [1.54, 1.807) is 11.8 Å². The van der Waals surface area contributed by atoms with Crippen molar-refractivity contribution in [1.82, 2.24) is 4.90 Å². The average molecular weight is 167 g/mol. The largest absolute Gasteiger partial charge is 0.292 e. The Hall–Kier alpha value is -0.130. The summed E-state index contributed by atoms with van der Waals surface area (Å²) in [6.07, 6.45) is 3.51. The van der Waals surface area contributed by atoms with E-state index in [1.807, 2.05) is 6.26 Å². The predicted molar refractivity (Wildman–Crippen MR) is 49.3 cm³/mol. The molecule has 0 spiro atoms. The molecular formula is C9H13NS. The van der Waals surface area contributed by atoms with Crippen LogP contribution in [-0.2, 0) is 0 Å². The molecule has 0 radical (unpaired) electrons. The summed E-state index contributed by atoms with van der Waals surface area (Å²) in [7, 11) is 0. The van der Waals surface area contributed by atoms with Crippen LogP contribution in [0.15, 0.2) is 0 Å². The molecule has 2 heteroatoms. The molecule has 11 heavy (non-hydrogen) atoms. The highest BCUT2D eigenvalue weighted by Gasteiger charge is 2.44. The van der Waals surface area contributed by atoms with E-state index in [9.17, 15) is 0 Å². The summed E-state index contributed by atoms with van der Waals surface area (Å²) in [5.41, 5.74) is 0. The third-order valence-electron chi connectivity index (χ3n) is 2.53. The fourth-order valence-electron chi connectivity index (χ4n) is 1.84. The number of fused-ring (bicyclic) bond motifs is 1. The number of rotatable bonds is 1. The minimum Gasteiger partial charge on any atom is -0.292 e. The van der Waals surface area contributed by atoms with Gasteiger partial charge >= 0.3 is 0 Å². The van der Waals surface area contributed by atoms with Gasteiger partial charge < -0.3 is 0 Å². The van der Waals surface area contributed by atoms with Gasteiger partial charge in [-0.2, -0.15) is 0 Å². The van der Waals surface area contributed by atoms with Crippen LogP contribution in [0.5, 0.6) is 0 Å². The first kappa shape index (κ1) is 7.52. The second kappa shape index (κ2) is 3.08. The van der Waals surface area contributed by atoms with Gasteiger partial charge in [0.25, 0.3) is 0 Å². The Morgan fingerprint density at radius 1 is 1.45 bits per heavy atom. The smallest absolute Gasteiger partial charge is 0.0610 e. The second-order valence-electron chi connectivity index (χ2n) is 3.43. The summed E-state index contributed by atoms with van der Waals surface area (Å²) in [4.78, 5) is 2.47. The highest BCUT2D eigenvalue weighted by molar-refractivity contribution is 8.03. The van der Waals surface area contributed by atoms with E-state index in [2.05, 4.69) is 16.1 Å². The Morgan fingerprint density at radius 2 is 2.18 bits per heavy atom. The average Bonchev–Trinajstić information content (AvgIpc) is 2.61. The SMILES string of the molecule is CSC#CCN1CC2CC2C1. The molecule has 2 fully saturated rings. The standard InChI is InChI=1S/C9H13NS/c1-11-4-2-3-10-6-8-5-9(8)7-10/h8-9H,3,5-7H2,1H3. The van der Waals surface area contributed by atoms with Crippen molar-refractivity contribution in [3.8, 4) is 11.2 Å². The van der Waals surface area contributed by atoms with Gasteiger partial charge in [-0.05, 0) is 29.8 Å². The molecule has 1 heterocycles. The molecule has 2 aliphatic rings. The van der Waals surface area contributed by atoms with Crippen molar-refractivity contribution in [3.05, 3.63) is 0 Å². The Morgan fingerprint density at radius 3 is 2.82 bits per heavy atom. The first-order chi connectivity index (χ1) is 5.40. The summed E-state index contributed by atoms with van der Waals surface area (Å²) in [5, 5.41) is 3.03. The van der Waals surface area contributed by atoms with Gasteiger partial charge in [-0.25, -0.2) is 0 Å². The molecular weight excluding hydrogens is 154 g/mol.